The third kappa shape index (κ3) is 2.25. The minimum absolute atomic E-state index is 0.0831. The van der Waals surface area contributed by atoms with E-state index in [1.807, 2.05) is 0 Å². The Kier molecular flexibility index (Phi) is 3.52. The Bertz CT molecular complexity index is 415. The molecule has 0 radical (unpaired) electrons. The van der Waals surface area contributed by atoms with Gasteiger partial charge in [-0.15, -0.1) is 0 Å². The van der Waals surface area contributed by atoms with Gasteiger partial charge in [0.1, 0.15) is 12.4 Å². The number of halogens is 1. The van der Waals surface area contributed by atoms with Crippen LogP contribution in [0.2, 0.25) is 5.02 Å². The molecule has 0 fully saturated rings. The lowest BCUT2D eigenvalue weighted by Crippen LogP contribution is -1.86. The van der Waals surface area contributed by atoms with Crippen LogP contribution < -0.4 is 0 Å². The van der Waals surface area contributed by atoms with Gasteiger partial charge >= 0.3 is 0 Å². The SMILES string of the molecule is O=Cc1cc(Cl)cc(C#CCO)c1O. The van der Waals surface area contributed by atoms with Crippen LogP contribution in [-0.2, 0) is 0 Å². The Morgan fingerprint density at radius 2 is 2.21 bits per heavy atom. The standard InChI is InChI=1S/C10H7ClO3/c11-9-4-7(2-1-3-12)10(14)8(5-9)6-13/h4-6,12,14H,3H2. The highest BCUT2D eigenvalue weighted by molar-refractivity contribution is 6.31. The molecule has 0 saturated carbocycles. The van der Waals surface area contributed by atoms with Crippen molar-refractivity contribution in [1.29, 1.82) is 0 Å². The average Bonchev–Trinajstić information content (AvgIpc) is 2.18. The fraction of sp³-hybridized carbons (Fsp3) is 0.100. The summed E-state index contributed by atoms with van der Waals surface area (Å²) in [5.41, 5.74) is 0.313. The Morgan fingerprint density at radius 1 is 1.50 bits per heavy atom. The molecule has 0 aromatic heterocycles. The number of aliphatic hydroxyl groups is 1. The van der Waals surface area contributed by atoms with E-state index in [1.54, 1.807) is 0 Å². The molecule has 14 heavy (non-hydrogen) atoms. The van der Waals surface area contributed by atoms with Crippen molar-refractivity contribution in [2.45, 2.75) is 0 Å². The second-order valence-electron chi connectivity index (χ2n) is 2.47. The molecule has 2 N–H and O–H groups in total. The number of aromatic hydroxyl groups is 1. The van der Waals surface area contributed by atoms with Crippen molar-refractivity contribution in [3.8, 4) is 17.6 Å². The molecule has 0 unspecified atom stereocenters. The van der Waals surface area contributed by atoms with Gasteiger partial charge in [0.2, 0.25) is 0 Å². The van der Waals surface area contributed by atoms with Crippen molar-refractivity contribution in [2.24, 2.45) is 0 Å². The molecule has 4 heteroatoms. The zero-order chi connectivity index (χ0) is 10.6. The molecule has 0 aliphatic carbocycles. The third-order valence-electron chi connectivity index (χ3n) is 1.53. The summed E-state index contributed by atoms with van der Waals surface area (Å²) in [6, 6.07) is 2.76. The molecule has 0 amide bonds. The lowest BCUT2D eigenvalue weighted by Gasteiger charge is -2.00. The highest BCUT2D eigenvalue weighted by atomic mass is 35.5. The number of carbonyl (C=O) groups excluding carboxylic acids is 1. The molecular formula is C10H7ClO3. The maximum Gasteiger partial charge on any atom is 0.153 e. The summed E-state index contributed by atoms with van der Waals surface area (Å²) in [6.45, 7) is -0.317. The summed E-state index contributed by atoms with van der Waals surface area (Å²) in [4.78, 5) is 10.5. The van der Waals surface area contributed by atoms with Crippen LogP contribution in [0.25, 0.3) is 0 Å². The van der Waals surface area contributed by atoms with Gasteiger partial charge in [-0.1, -0.05) is 23.4 Å². The second kappa shape index (κ2) is 4.66. The molecule has 0 atom stereocenters. The summed E-state index contributed by atoms with van der Waals surface area (Å²) in [5, 5.41) is 18.2. The largest absolute Gasteiger partial charge is 0.506 e. The van der Waals surface area contributed by atoms with Crippen LogP contribution >= 0.6 is 11.6 Å². The van der Waals surface area contributed by atoms with E-state index in [0.717, 1.165) is 0 Å². The van der Waals surface area contributed by atoms with Crippen molar-refractivity contribution in [3.05, 3.63) is 28.3 Å². The highest BCUT2D eigenvalue weighted by Crippen LogP contribution is 2.24. The summed E-state index contributed by atoms with van der Waals surface area (Å²) in [7, 11) is 0. The molecule has 1 aromatic carbocycles. The van der Waals surface area contributed by atoms with Gasteiger partial charge in [0.15, 0.2) is 6.29 Å². The van der Waals surface area contributed by atoms with Crippen molar-refractivity contribution in [1.82, 2.24) is 0 Å². The van der Waals surface area contributed by atoms with Gasteiger partial charge < -0.3 is 10.2 Å². The van der Waals surface area contributed by atoms with Crippen molar-refractivity contribution < 1.29 is 15.0 Å². The number of carbonyl (C=O) groups is 1. The normalized spacial score (nSPS) is 9.00. The Morgan fingerprint density at radius 3 is 2.79 bits per heavy atom. The van der Waals surface area contributed by atoms with E-state index in [4.69, 9.17) is 16.7 Å². The Hall–Kier alpha value is -1.50. The first-order chi connectivity index (χ1) is 6.69. The molecule has 72 valence electrons. The zero-order valence-corrected chi connectivity index (χ0v) is 7.88. The monoisotopic (exact) mass is 210 g/mol. The minimum atomic E-state index is -0.317. The van der Waals surface area contributed by atoms with Crippen LogP contribution in [0.1, 0.15) is 15.9 Å². The third-order valence-corrected chi connectivity index (χ3v) is 1.75. The molecule has 0 heterocycles. The maximum absolute atomic E-state index is 10.5. The number of hydrogen-bond acceptors (Lipinski definition) is 3. The van der Waals surface area contributed by atoms with Gasteiger partial charge in [-0.25, -0.2) is 0 Å². The van der Waals surface area contributed by atoms with Gasteiger partial charge in [-0.2, -0.15) is 0 Å². The number of phenols is 1. The van der Waals surface area contributed by atoms with Gasteiger partial charge in [-0.3, -0.25) is 4.79 Å². The molecule has 0 spiro atoms. The second-order valence-corrected chi connectivity index (χ2v) is 2.91. The minimum Gasteiger partial charge on any atom is -0.506 e. The molecule has 0 aliphatic heterocycles. The molecule has 0 bridgehead atoms. The van der Waals surface area contributed by atoms with Crippen molar-refractivity contribution >= 4 is 17.9 Å². The lowest BCUT2D eigenvalue weighted by atomic mass is 10.1. The highest BCUT2D eigenvalue weighted by Gasteiger charge is 2.06. The van der Waals surface area contributed by atoms with Crippen LogP contribution in [-0.4, -0.2) is 23.1 Å². The Balaban J connectivity index is 3.28. The molecule has 3 nitrogen and oxygen atoms in total. The van der Waals surface area contributed by atoms with Crippen molar-refractivity contribution in [2.75, 3.05) is 6.61 Å². The number of aliphatic hydroxyl groups excluding tert-OH is 1. The first-order valence-electron chi connectivity index (χ1n) is 3.76. The van der Waals surface area contributed by atoms with E-state index in [2.05, 4.69) is 11.8 Å². The molecule has 0 aliphatic rings. The van der Waals surface area contributed by atoms with E-state index in [0.29, 0.717) is 11.3 Å². The fourth-order valence-corrected chi connectivity index (χ4v) is 1.17. The summed E-state index contributed by atoms with van der Waals surface area (Å²) >= 11 is 5.68. The molecule has 0 saturated heterocycles. The zero-order valence-electron chi connectivity index (χ0n) is 7.12. The molecule has 1 rings (SSSR count). The van der Waals surface area contributed by atoms with E-state index in [1.165, 1.54) is 12.1 Å². The number of rotatable bonds is 1. The number of phenolic OH excluding ortho intramolecular Hbond substituents is 1. The Labute approximate surface area is 85.9 Å². The fourth-order valence-electron chi connectivity index (χ4n) is 0.940. The summed E-state index contributed by atoms with van der Waals surface area (Å²) in [6.07, 6.45) is 0.491. The van der Waals surface area contributed by atoms with E-state index < -0.39 is 0 Å². The lowest BCUT2D eigenvalue weighted by molar-refractivity contribution is 0.112. The van der Waals surface area contributed by atoms with E-state index in [9.17, 15) is 9.90 Å². The molecule has 1 aromatic rings. The van der Waals surface area contributed by atoms with Gasteiger partial charge in [0.25, 0.3) is 0 Å². The molecular weight excluding hydrogens is 204 g/mol. The number of hydrogen-bond donors (Lipinski definition) is 2. The first kappa shape index (κ1) is 10.6. The van der Waals surface area contributed by atoms with Crippen LogP contribution in [0.5, 0.6) is 5.75 Å². The van der Waals surface area contributed by atoms with Crippen LogP contribution in [0.15, 0.2) is 12.1 Å². The van der Waals surface area contributed by atoms with Gasteiger partial charge in [-0.05, 0) is 12.1 Å². The smallest absolute Gasteiger partial charge is 0.153 e. The van der Waals surface area contributed by atoms with Gasteiger partial charge in [0.05, 0.1) is 11.1 Å². The summed E-state index contributed by atoms with van der Waals surface area (Å²) in [5.74, 6) is 4.62. The van der Waals surface area contributed by atoms with Crippen molar-refractivity contribution in [3.63, 3.8) is 0 Å². The summed E-state index contributed by atoms with van der Waals surface area (Å²) < 4.78 is 0. The maximum atomic E-state index is 10.5. The predicted molar refractivity (Wildman–Crippen MR) is 52.5 cm³/mol. The quantitative estimate of drug-likeness (QED) is 0.541. The average molecular weight is 211 g/mol. The number of benzene rings is 1. The first-order valence-corrected chi connectivity index (χ1v) is 4.14. The van der Waals surface area contributed by atoms with Crippen LogP contribution in [0, 0.1) is 11.8 Å². The predicted octanol–water partition coefficient (Wildman–Crippen LogP) is 1.20. The van der Waals surface area contributed by atoms with Gasteiger partial charge in [0, 0.05) is 5.02 Å². The van der Waals surface area contributed by atoms with Crippen LogP contribution in [0.4, 0.5) is 0 Å². The topological polar surface area (TPSA) is 57.5 Å². The van der Waals surface area contributed by atoms with Crippen LogP contribution in [0.3, 0.4) is 0 Å². The van der Waals surface area contributed by atoms with E-state index >= 15 is 0 Å². The van der Waals surface area contributed by atoms with E-state index in [-0.39, 0.29) is 23.5 Å². The number of aldehydes is 1.